The maximum Gasteiger partial charge on any atom is 0.0715 e. The van der Waals surface area contributed by atoms with E-state index in [9.17, 15) is 0 Å². The first-order chi connectivity index (χ1) is 5.81. The van der Waals surface area contributed by atoms with Crippen molar-refractivity contribution < 1.29 is 0 Å². The highest BCUT2D eigenvalue weighted by Gasteiger charge is 1.75. The molecule has 2 nitrogen and oxygen atoms in total. The summed E-state index contributed by atoms with van der Waals surface area (Å²) in [7, 11) is 0. The van der Waals surface area contributed by atoms with Crippen molar-refractivity contribution >= 4 is 34.5 Å². The number of halogens is 1. The summed E-state index contributed by atoms with van der Waals surface area (Å²) in [4.78, 5) is 1.97. The summed E-state index contributed by atoms with van der Waals surface area (Å²) in [6.07, 6.45) is 5.66. The topological polar surface area (TPSA) is 47.7 Å². The molecule has 0 aliphatic carbocycles. The number of allylic oxidation sites excluding steroid dienone is 3. The molecule has 0 aliphatic rings. The minimum atomic E-state index is 0.185. The number of hydrogen-bond acceptors (Lipinski definition) is 2. The lowest BCUT2D eigenvalue weighted by Crippen LogP contribution is -1.87. The van der Waals surface area contributed by atoms with Crippen molar-refractivity contribution in [3.8, 4) is 0 Å². The lowest BCUT2D eigenvalue weighted by molar-refractivity contribution is 1.50. The normalized spacial score (nSPS) is 7.00. The van der Waals surface area contributed by atoms with Gasteiger partial charge in [0.2, 0.25) is 0 Å². The first kappa shape index (κ1) is 17.6. The first-order valence-corrected chi connectivity index (χ1v) is 5.73. The second-order valence-corrected chi connectivity index (χ2v) is 1.19. The molecule has 0 radical (unpaired) electrons. The van der Waals surface area contributed by atoms with E-state index in [4.69, 9.17) is 10.8 Å². The smallest absolute Gasteiger partial charge is 0.0715 e. The minimum absolute atomic E-state index is 0.185. The van der Waals surface area contributed by atoms with Gasteiger partial charge >= 0.3 is 0 Å². The summed E-state index contributed by atoms with van der Waals surface area (Å²) in [5.74, 6) is 0. The summed E-state index contributed by atoms with van der Waals surface area (Å²) < 4.78 is 0. The zero-order valence-electron chi connectivity index (χ0n) is 7.89. The van der Waals surface area contributed by atoms with Gasteiger partial charge in [-0.15, -0.1) is 0 Å². The van der Waals surface area contributed by atoms with Crippen LogP contribution in [0.15, 0.2) is 24.8 Å². The maximum atomic E-state index is 6.86. The van der Waals surface area contributed by atoms with Gasteiger partial charge in [0.25, 0.3) is 0 Å². The van der Waals surface area contributed by atoms with E-state index in [1.807, 2.05) is 18.8 Å². The molecule has 0 bridgehead atoms. The Bertz CT molecular complexity index is 139. The van der Waals surface area contributed by atoms with Crippen LogP contribution in [0.1, 0.15) is 13.8 Å². The molecule has 0 aromatic carbocycles. The van der Waals surface area contributed by atoms with Crippen molar-refractivity contribution in [3.63, 3.8) is 0 Å². The Kier molecular flexibility index (Phi) is 32.9. The molecular weight excluding hydrogens is 263 g/mol. The van der Waals surface area contributed by atoms with E-state index in [1.54, 1.807) is 12.2 Å². The first-order valence-electron chi connectivity index (χ1n) is 3.57. The van der Waals surface area contributed by atoms with E-state index < -0.39 is 0 Å². The van der Waals surface area contributed by atoms with Crippen LogP contribution in [0.5, 0.6) is 0 Å². The Morgan fingerprint density at radius 2 is 1.75 bits per heavy atom. The zero-order chi connectivity index (χ0) is 10.4. The lowest BCUT2D eigenvalue weighted by Gasteiger charge is -1.77. The SMILES string of the molecule is C=C/C=C\C(=N)C=N.CC.CI. The number of nitrogens with one attached hydrogen (secondary N) is 2. The predicted molar refractivity (Wildman–Crippen MR) is 67.1 cm³/mol. The Labute approximate surface area is 88.9 Å². The maximum absolute atomic E-state index is 6.86. The van der Waals surface area contributed by atoms with Crippen molar-refractivity contribution in [1.29, 1.82) is 10.8 Å². The van der Waals surface area contributed by atoms with Gasteiger partial charge in [-0.3, -0.25) is 5.41 Å². The van der Waals surface area contributed by atoms with Crippen molar-refractivity contribution in [2.45, 2.75) is 13.8 Å². The van der Waals surface area contributed by atoms with Crippen LogP contribution >= 0.6 is 22.6 Å². The molecule has 0 saturated carbocycles. The van der Waals surface area contributed by atoms with Crippen LogP contribution in [0, 0.1) is 10.8 Å². The van der Waals surface area contributed by atoms with Gasteiger partial charge in [-0.05, 0) is 11.0 Å². The van der Waals surface area contributed by atoms with E-state index >= 15 is 0 Å². The fraction of sp³-hybridized carbons (Fsp3) is 0.333. The average molecular weight is 280 g/mol. The Morgan fingerprint density at radius 1 is 1.33 bits per heavy atom. The minimum Gasteiger partial charge on any atom is -0.307 e. The van der Waals surface area contributed by atoms with Gasteiger partial charge in [0, 0.05) is 6.21 Å². The molecular formula is C9H17IN2. The van der Waals surface area contributed by atoms with Crippen LogP contribution < -0.4 is 0 Å². The number of hydrogen-bond donors (Lipinski definition) is 2. The monoisotopic (exact) mass is 280 g/mol. The summed E-state index contributed by atoms with van der Waals surface area (Å²) in [6, 6.07) is 0. The summed E-state index contributed by atoms with van der Waals surface area (Å²) >= 11 is 2.15. The van der Waals surface area contributed by atoms with Gasteiger partial charge in [0.15, 0.2) is 0 Å². The molecule has 0 fully saturated rings. The number of rotatable bonds is 3. The Morgan fingerprint density at radius 3 is 2.00 bits per heavy atom. The number of alkyl halides is 1. The van der Waals surface area contributed by atoms with E-state index in [-0.39, 0.29) is 5.71 Å². The van der Waals surface area contributed by atoms with Gasteiger partial charge in [0.05, 0.1) is 5.71 Å². The summed E-state index contributed by atoms with van der Waals surface area (Å²) in [5.41, 5.74) is 0.185. The average Bonchev–Trinajstić information content (AvgIpc) is 2.20. The van der Waals surface area contributed by atoms with Gasteiger partial charge in [-0.2, -0.15) is 0 Å². The van der Waals surface area contributed by atoms with Crippen LogP contribution in [-0.4, -0.2) is 16.9 Å². The fourth-order valence-electron chi connectivity index (χ4n) is 0.220. The Balaban J connectivity index is -0.000000175. The van der Waals surface area contributed by atoms with Crippen LogP contribution in [0.25, 0.3) is 0 Å². The molecule has 0 aliphatic heterocycles. The van der Waals surface area contributed by atoms with Crippen molar-refractivity contribution in [3.05, 3.63) is 24.8 Å². The molecule has 3 heteroatoms. The zero-order valence-corrected chi connectivity index (χ0v) is 10.1. The molecule has 0 rings (SSSR count). The molecule has 70 valence electrons. The highest BCUT2D eigenvalue weighted by Crippen LogP contribution is 1.72. The molecule has 12 heavy (non-hydrogen) atoms. The van der Waals surface area contributed by atoms with E-state index in [0.717, 1.165) is 6.21 Å². The molecule has 0 aromatic heterocycles. The predicted octanol–water partition coefficient (Wildman–Crippen LogP) is 3.48. The van der Waals surface area contributed by atoms with Crippen LogP contribution in [0.2, 0.25) is 0 Å². The molecule has 0 spiro atoms. The summed E-state index contributed by atoms with van der Waals surface area (Å²) in [6.45, 7) is 7.41. The third-order valence-corrected chi connectivity index (χ3v) is 0.567. The molecule has 0 aromatic rings. The van der Waals surface area contributed by atoms with E-state index in [0.29, 0.717) is 0 Å². The van der Waals surface area contributed by atoms with Crippen molar-refractivity contribution in [1.82, 2.24) is 0 Å². The lowest BCUT2D eigenvalue weighted by atomic mass is 10.3. The van der Waals surface area contributed by atoms with Gasteiger partial charge in [0.1, 0.15) is 0 Å². The fourth-order valence-corrected chi connectivity index (χ4v) is 0.220. The molecule has 0 heterocycles. The highest BCUT2D eigenvalue weighted by atomic mass is 127. The van der Waals surface area contributed by atoms with Crippen LogP contribution in [0.3, 0.4) is 0 Å². The van der Waals surface area contributed by atoms with Gasteiger partial charge in [-0.25, -0.2) is 0 Å². The quantitative estimate of drug-likeness (QED) is 0.344. The highest BCUT2D eigenvalue weighted by molar-refractivity contribution is 14.1. The molecule has 0 atom stereocenters. The third-order valence-electron chi connectivity index (χ3n) is 0.567. The molecule has 0 unspecified atom stereocenters. The standard InChI is InChI=1S/C6H8N2.C2H6.CH3I/c1-2-3-4-6(8)5-7;2*1-2/h2-5,7-8H,1H2;1-2H3;1H3/b4-3-,7-5?,8-6?;;. The van der Waals surface area contributed by atoms with Gasteiger partial charge < -0.3 is 5.41 Å². The van der Waals surface area contributed by atoms with Crippen LogP contribution in [-0.2, 0) is 0 Å². The van der Waals surface area contributed by atoms with E-state index in [1.165, 1.54) is 6.08 Å². The largest absolute Gasteiger partial charge is 0.307 e. The molecule has 0 saturated heterocycles. The van der Waals surface area contributed by atoms with Crippen molar-refractivity contribution in [2.24, 2.45) is 0 Å². The Hall–Kier alpha value is -0.450. The molecule has 0 amide bonds. The van der Waals surface area contributed by atoms with Gasteiger partial charge in [-0.1, -0.05) is 55.2 Å². The van der Waals surface area contributed by atoms with Crippen molar-refractivity contribution in [2.75, 3.05) is 4.93 Å². The van der Waals surface area contributed by atoms with Crippen LogP contribution in [0.4, 0.5) is 0 Å². The summed E-state index contributed by atoms with van der Waals surface area (Å²) in [5, 5.41) is 13.4. The third kappa shape index (κ3) is 22.7. The van der Waals surface area contributed by atoms with E-state index in [2.05, 4.69) is 29.2 Å². The molecule has 2 N–H and O–H groups in total. The second-order valence-electron chi connectivity index (χ2n) is 1.19. The second kappa shape index (κ2) is 22.4.